The molecule has 8 nitrogen and oxygen atoms in total. The molecule has 3 heterocycles. The molecule has 2 amide bonds. The topological polar surface area (TPSA) is 88.7 Å². The quantitative estimate of drug-likeness (QED) is 0.443. The number of halogens is 1. The Hall–Kier alpha value is -4.27. The fourth-order valence-electron chi connectivity index (χ4n) is 4.37. The lowest BCUT2D eigenvalue weighted by Gasteiger charge is -2.16. The van der Waals surface area contributed by atoms with Crippen LogP contribution in [0.25, 0.3) is 16.9 Å². The number of anilines is 1. The first-order chi connectivity index (χ1) is 17.0. The summed E-state index contributed by atoms with van der Waals surface area (Å²) < 4.78 is 16.4. The molecule has 1 N–H and O–H groups in total. The summed E-state index contributed by atoms with van der Waals surface area (Å²) in [6.45, 7) is 2.49. The lowest BCUT2D eigenvalue weighted by molar-refractivity contribution is -0.116. The van der Waals surface area contributed by atoms with Gasteiger partial charge in [0.25, 0.3) is 11.5 Å². The van der Waals surface area contributed by atoms with Crippen LogP contribution >= 0.6 is 0 Å². The number of hydrogen-bond acceptors (Lipinski definition) is 4. The molecule has 0 saturated carbocycles. The highest BCUT2D eigenvalue weighted by atomic mass is 19.1. The van der Waals surface area contributed by atoms with Gasteiger partial charge in [-0.25, -0.2) is 4.39 Å². The third-order valence-electron chi connectivity index (χ3n) is 6.07. The van der Waals surface area contributed by atoms with Gasteiger partial charge in [0.05, 0.1) is 17.8 Å². The van der Waals surface area contributed by atoms with Crippen LogP contribution in [-0.2, 0) is 17.9 Å². The van der Waals surface area contributed by atoms with Gasteiger partial charge in [-0.2, -0.15) is 9.61 Å². The third kappa shape index (κ3) is 4.21. The van der Waals surface area contributed by atoms with Gasteiger partial charge in [-0.1, -0.05) is 49.7 Å². The fraction of sp³-hybridized carbons (Fsp3) is 0.231. The number of fused-ring (bicyclic) bond motifs is 2. The van der Waals surface area contributed by atoms with Crippen molar-refractivity contribution in [3.63, 3.8) is 0 Å². The van der Waals surface area contributed by atoms with Crippen LogP contribution in [0.2, 0.25) is 0 Å². The Morgan fingerprint density at radius 2 is 1.89 bits per heavy atom. The predicted molar refractivity (Wildman–Crippen MR) is 130 cm³/mol. The molecule has 1 aliphatic rings. The second-order valence-corrected chi connectivity index (χ2v) is 8.52. The number of amides is 2. The highest BCUT2D eigenvalue weighted by Crippen LogP contribution is 2.25. The van der Waals surface area contributed by atoms with Gasteiger partial charge in [0.15, 0.2) is 0 Å². The minimum absolute atomic E-state index is 0.176. The van der Waals surface area contributed by atoms with Gasteiger partial charge in [0.1, 0.15) is 23.7 Å². The van der Waals surface area contributed by atoms with E-state index in [2.05, 4.69) is 10.4 Å². The van der Waals surface area contributed by atoms with E-state index in [0.29, 0.717) is 29.1 Å². The maximum Gasteiger partial charge on any atom is 0.280 e. The van der Waals surface area contributed by atoms with Crippen molar-refractivity contribution in [2.24, 2.45) is 0 Å². The van der Waals surface area contributed by atoms with E-state index in [-0.39, 0.29) is 30.2 Å². The molecule has 0 fully saturated rings. The molecule has 35 heavy (non-hydrogen) atoms. The molecule has 9 heteroatoms. The SMILES string of the molecule is CCCCN1Cc2c(n(CC(=O)Nc3cccc(F)c3)c3cc(-c4ccccc4)nn3c2=O)C1=O. The summed E-state index contributed by atoms with van der Waals surface area (Å²) in [5.41, 5.74) is 2.16. The van der Waals surface area contributed by atoms with Crippen LogP contribution in [0.15, 0.2) is 65.5 Å². The standard InChI is InChI=1S/C26H24FN5O3/c1-2-3-12-30-15-20-24(26(30)35)31(16-22(33)28-19-11-7-10-18(27)13-19)23-14-21(29-32(23)25(20)34)17-8-5-4-6-9-17/h4-11,13-14H,2-3,12,15-16H2,1H3,(H,28,33). The van der Waals surface area contributed by atoms with Crippen molar-refractivity contribution in [1.29, 1.82) is 0 Å². The van der Waals surface area contributed by atoms with Crippen molar-refractivity contribution in [3.05, 3.63) is 88.1 Å². The summed E-state index contributed by atoms with van der Waals surface area (Å²) in [7, 11) is 0. The number of carbonyl (C=O) groups is 2. The van der Waals surface area contributed by atoms with Gasteiger partial charge >= 0.3 is 0 Å². The first-order valence-corrected chi connectivity index (χ1v) is 11.5. The highest BCUT2D eigenvalue weighted by Gasteiger charge is 2.34. The van der Waals surface area contributed by atoms with Crippen LogP contribution < -0.4 is 10.9 Å². The molecule has 0 unspecified atom stereocenters. The Labute approximate surface area is 200 Å². The minimum atomic E-state index is -0.473. The number of nitrogens with one attached hydrogen (secondary N) is 1. The molecule has 1 aliphatic heterocycles. The van der Waals surface area contributed by atoms with Gasteiger partial charge in [0.2, 0.25) is 5.91 Å². The molecular formula is C26H24FN5O3. The van der Waals surface area contributed by atoms with E-state index in [1.165, 1.54) is 22.7 Å². The van der Waals surface area contributed by atoms with Crippen LogP contribution in [0.5, 0.6) is 0 Å². The number of carbonyl (C=O) groups excluding carboxylic acids is 2. The minimum Gasteiger partial charge on any atom is -0.333 e. The molecule has 0 radical (unpaired) electrons. The number of aromatic nitrogens is 3. The van der Waals surface area contributed by atoms with Crippen LogP contribution in [0.3, 0.4) is 0 Å². The fourth-order valence-corrected chi connectivity index (χ4v) is 4.37. The first-order valence-electron chi connectivity index (χ1n) is 11.5. The zero-order valence-corrected chi connectivity index (χ0v) is 19.2. The monoisotopic (exact) mass is 473 g/mol. The summed E-state index contributed by atoms with van der Waals surface area (Å²) in [4.78, 5) is 41.3. The highest BCUT2D eigenvalue weighted by molar-refractivity contribution is 5.98. The second kappa shape index (κ2) is 9.17. The van der Waals surface area contributed by atoms with Crippen molar-refractivity contribution in [3.8, 4) is 11.3 Å². The van der Waals surface area contributed by atoms with Crippen molar-refractivity contribution < 1.29 is 14.0 Å². The van der Waals surface area contributed by atoms with Crippen molar-refractivity contribution >= 4 is 23.1 Å². The first kappa shape index (κ1) is 22.5. The average Bonchev–Trinajstić information content (AvgIpc) is 3.44. The molecule has 2 aromatic heterocycles. The molecule has 178 valence electrons. The lowest BCUT2D eigenvalue weighted by atomic mass is 10.1. The van der Waals surface area contributed by atoms with Crippen LogP contribution in [-0.4, -0.2) is 37.4 Å². The Bertz CT molecular complexity index is 1490. The summed E-state index contributed by atoms with van der Waals surface area (Å²) in [5.74, 6) is -1.21. The Kier molecular flexibility index (Phi) is 5.90. The molecule has 0 atom stereocenters. The molecule has 0 aliphatic carbocycles. The zero-order chi connectivity index (χ0) is 24.5. The maximum absolute atomic E-state index is 13.6. The Morgan fingerprint density at radius 1 is 1.09 bits per heavy atom. The van der Waals surface area contributed by atoms with E-state index < -0.39 is 11.7 Å². The number of nitrogens with zero attached hydrogens (tertiary/aromatic N) is 4. The van der Waals surface area contributed by atoms with E-state index in [1.54, 1.807) is 21.6 Å². The molecule has 0 bridgehead atoms. The normalized spacial score (nSPS) is 12.9. The summed E-state index contributed by atoms with van der Waals surface area (Å²) >= 11 is 0. The summed E-state index contributed by atoms with van der Waals surface area (Å²) in [5, 5.41) is 7.18. The van der Waals surface area contributed by atoms with E-state index in [9.17, 15) is 18.8 Å². The number of hydrogen-bond donors (Lipinski definition) is 1. The molecule has 0 saturated heterocycles. The zero-order valence-electron chi connectivity index (χ0n) is 19.2. The number of unbranched alkanes of at least 4 members (excludes halogenated alkanes) is 1. The van der Waals surface area contributed by atoms with Gasteiger partial charge in [-0.05, 0) is 24.6 Å². The van der Waals surface area contributed by atoms with Gasteiger partial charge in [-0.3, -0.25) is 14.4 Å². The van der Waals surface area contributed by atoms with E-state index in [0.717, 1.165) is 18.4 Å². The number of rotatable bonds is 7. The van der Waals surface area contributed by atoms with Gasteiger partial charge < -0.3 is 14.8 Å². The van der Waals surface area contributed by atoms with Crippen LogP contribution in [0, 0.1) is 5.82 Å². The molecule has 5 rings (SSSR count). The molecular weight excluding hydrogens is 449 g/mol. The van der Waals surface area contributed by atoms with Gasteiger partial charge in [0, 0.05) is 23.9 Å². The third-order valence-corrected chi connectivity index (χ3v) is 6.07. The lowest BCUT2D eigenvalue weighted by Crippen LogP contribution is -2.30. The second-order valence-electron chi connectivity index (χ2n) is 8.52. The van der Waals surface area contributed by atoms with E-state index in [1.807, 2.05) is 37.3 Å². The van der Waals surface area contributed by atoms with E-state index in [4.69, 9.17) is 0 Å². The smallest absolute Gasteiger partial charge is 0.280 e. The molecule has 4 aromatic rings. The molecule has 2 aromatic carbocycles. The molecule has 0 spiro atoms. The van der Waals surface area contributed by atoms with Crippen molar-refractivity contribution in [1.82, 2.24) is 19.1 Å². The van der Waals surface area contributed by atoms with Crippen LogP contribution in [0.1, 0.15) is 35.8 Å². The predicted octanol–water partition coefficient (Wildman–Crippen LogP) is 3.70. The van der Waals surface area contributed by atoms with Gasteiger partial charge in [-0.15, -0.1) is 0 Å². The summed E-state index contributed by atoms with van der Waals surface area (Å²) in [6, 6.07) is 16.6. The van der Waals surface area contributed by atoms with E-state index >= 15 is 0 Å². The number of benzene rings is 2. The Balaban J connectivity index is 1.61. The largest absolute Gasteiger partial charge is 0.333 e. The Morgan fingerprint density at radius 3 is 2.63 bits per heavy atom. The van der Waals surface area contributed by atoms with Crippen LogP contribution in [0.4, 0.5) is 10.1 Å². The van der Waals surface area contributed by atoms with Crippen molar-refractivity contribution in [2.75, 3.05) is 11.9 Å². The maximum atomic E-state index is 13.6. The summed E-state index contributed by atoms with van der Waals surface area (Å²) in [6.07, 6.45) is 1.72. The average molecular weight is 474 g/mol. The van der Waals surface area contributed by atoms with Crippen molar-refractivity contribution in [2.45, 2.75) is 32.9 Å².